The Labute approximate surface area is 128 Å². The Kier molecular flexibility index (Phi) is 7.47. The van der Waals surface area contributed by atoms with Gasteiger partial charge in [0.1, 0.15) is 11.2 Å². The second kappa shape index (κ2) is 8.05. The molecular weight excluding hydrogens is 270 g/mol. The van der Waals surface area contributed by atoms with Gasteiger partial charge in [0.2, 0.25) is 0 Å². The average Bonchev–Trinajstić information content (AvgIpc) is 2.23. The van der Waals surface area contributed by atoms with Crippen LogP contribution in [0.25, 0.3) is 0 Å². The summed E-state index contributed by atoms with van der Waals surface area (Å²) in [6.07, 6.45) is 2.85. The molecule has 2 amide bonds. The fourth-order valence-corrected chi connectivity index (χ4v) is 1.45. The number of hydrogen-bond acceptors (Lipinski definition) is 4. The van der Waals surface area contributed by atoms with Gasteiger partial charge >= 0.3 is 12.2 Å². The summed E-state index contributed by atoms with van der Waals surface area (Å²) in [7, 11) is 0. The third kappa shape index (κ3) is 9.93. The van der Waals surface area contributed by atoms with Crippen LogP contribution in [0.5, 0.6) is 0 Å². The average molecular weight is 299 g/mol. The zero-order chi connectivity index (χ0) is 16.7. The Bertz CT molecular complexity index is 335. The smallest absolute Gasteiger partial charge is 0.419 e. The fraction of sp³-hybridized carbons (Fsp3) is 0.750. The standard InChI is InChI=1S/C16H29NO4/c1-8-9-10-11-12-17(13(18)20-15(2,3)4)14(19)21-16(5,6)7/h8H,1,9-12H2,2-7H3. The van der Waals surface area contributed by atoms with Crippen molar-refractivity contribution < 1.29 is 19.1 Å². The van der Waals surface area contributed by atoms with Crippen molar-refractivity contribution in [1.82, 2.24) is 4.90 Å². The number of hydrogen-bond donors (Lipinski definition) is 0. The number of rotatable bonds is 5. The topological polar surface area (TPSA) is 55.8 Å². The molecule has 0 radical (unpaired) electrons. The molecule has 5 nitrogen and oxygen atoms in total. The molecule has 0 spiro atoms. The van der Waals surface area contributed by atoms with Crippen molar-refractivity contribution in [3.8, 4) is 0 Å². The van der Waals surface area contributed by atoms with E-state index in [4.69, 9.17) is 9.47 Å². The van der Waals surface area contributed by atoms with Gasteiger partial charge in [0, 0.05) is 6.54 Å². The van der Waals surface area contributed by atoms with Crippen molar-refractivity contribution in [2.24, 2.45) is 0 Å². The second-order valence-corrected chi connectivity index (χ2v) is 6.90. The van der Waals surface area contributed by atoms with Gasteiger partial charge in [-0.05, 0) is 60.8 Å². The molecule has 0 atom stereocenters. The quantitative estimate of drug-likeness (QED) is 0.553. The molecule has 0 aromatic carbocycles. The molecule has 0 fully saturated rings. The fourth-order valence-electron chi connectivity index (χ4n) is 1.45. The van der Waals surface area contributed by atoms with Crippen LogP contribution in [0.3, 0.4) is 0 Å². The van der Waals surface area contributed by atoms with Crippen molar-refractivity contribution in [2.45, 2.75) is 72.0 Å². The molecule has 21 heavy (non-hydrogen) atoms. The maximum atomic E-state index is 12.1. The molecule has 0 aromatic rings. The van der Waals surface area contributed by atoms with Gasteiger partial charge in [-0.25, -0.2) is 14.5 Å². The highest BCUT2D eigenvalue weighted by Gasteiger charge is 2.30. The lowest BCUT2D eigenvalue weighted by atomic mass is 10.2. The van der Waals surface area contributed by atoms with Gasteiger partial charge in [-0.1, -0.05) is 6.08 Å². The number of imide groups is 1. The summed E-state index contributed by atoms with van der Waals surface area (Å²) in [5.41, 5.74) is -1.31. The van der Waals surface area contributed by atoms with E-state index in [-0.39, 0.29) is 6.54 Å². The second-order valence-electron chi connectivity index (χ2n) is 6.90. The van der Waals surface area contributed by atoms with Crippen LogP contribution in [-0.4, -0.2) is 34.8 Å². The van der Waals surface area contributed by atoms with E-state index in [1.807, 2.05) is 6.08 Å². The number of unbranched alkanes of at least 4 members (excludes halogenated alkanes) is 2. The van der Waals surface area contributed by atoms with Crippen LogP contribution in [0.4, 0.5) is 9.59 Å². The summed E-state index contributed by atoms with van der Waals surface area (Å²) in [6.45, 7) is 14.5. The lowest BCUT2D eigenvalue weighted by molar-refractivity contribution is 0.00123. The Morgan fingerprint density at radius 1 is 0.952 bits per heavy atom. The summed E-state index contributed by atoms with van der Waals surface area (Å²) >= 11 is 0. The van der Waals surface area contributed by atoms with Crippen molar-refractivity contribution in [3.63, 3.8) is 0 Å². The summed E-state index contributed by atoms with van der Waals surface area (Å²) in [5, 5.41) is 0. The normalized spacial score (nSPS) is 11.7. The highest BCUT2D eigenvalue weighted by atomic mass is 16.6. The Morgan fingerprint density at radius 2 is 1.38 bits per heavy atom. The lowest BCUT2D eigenvalue weighted by Gasteiger charge is -2.28. The van der Waals surface area contributed by atoms with Crippen molar-refractivity contribution in [1.29, 1.82) is 0 Å². The summed E-state index contributed by atoms with van der Waals surface area (Å²) in [6, 6.07) is 0. The van der Waals surface area contributed by atoms with Crippen molar-refractivity contribution >= 4 is 12.2 Å². The van der Waals surface area contributed by atoms with Gasteiger partial charge in [-0.3, -0.25) is 0 Å². The first-order valence-corrected chi connectivity index (χ1v) is 7.30. The third-order valence-corrected chi connectivity index (χ3v) is 2.27. The number of amides is 2. The van der Waals surface area contributed by atoms with E-state index >= 15 is 0 Å². The van der Waals surface area contributed by atoms with E-state index in [1.165, 1.54) is 0 Å². The monoisotopic (exact) mass is 299 g/mol. The van der Waals surface area contributed by atoms with Crippen molar-refractivity contribution in [2.75, 3.05) is 6.54 Å². The first-order valence-electron chi connectivity index (χ1n) is 7.30. The third-order valence-electron chi connectivity index (χ3n) is 2.27. The highest BCUT2D eigenvalue weighted by molar-refractivity contribution is 5.88. The summed E-state index contributed by atoms with van der Waals surface area (Å²) < 4.78 is 10.5. The Hall–Kier alpha value is -1.52. The van der Waals surface area contributed by atoms with Crippen LogP contribution in [-0.2, 0) is 9.47 Å². The molecule has 5 heteroatoms. The number of ether oxygens (including phenoxy) is 2. The largest absolute Gasteiger partial charge is 0.443 e. The molecule has 0 saturated carbocycles. The minimum absolute atomic E-state index is 0.275. The van der Waals surface area contributed by atoms with Gasteiger partial charge in [-0.2, -0.15) is 0 Å². The SMILES string of the molecule is C=CCCCCN(C(=O)OC(C)(C)C)C(=O)OC(C)(C)C. The van der Waals surface area contributed by atoms with Gasteiger partial charge < -0.3 is 9.47 Å². The first kappa shape index (κ1) is 19.5. The predicted molar refractivity (Wildman–Crippen MR) is 83.2 cm³/mol. The maximum Gasteiger partial charge on any atom is 0.419 e. The molecule has 0 saturated heterocycles. The molecule has 0 bridgehead atoms. The number of allylic oxidation sites excluding steroid dienone is 1. The van der Waals surface area contributed by atoms with Crippen LogP contribution in [0, 0.1) is 0 Å². The molecule has 122 valence electrons. The van der Waals surface area contributed by atoms with E-state index < -0.39 is 23.4 Å². The summed E-state index contributed by atoms with van der Waals surface area (Å²) in [4.78, 5) is 25.3. The zero-order valence-electron chi connectivity index (χ0n) is 14.2. The van der Waals surface area contributed by atoms with Gasteiger partial charge in [0.15, 0.2) is 0 Å². The van der Waals surface area contributed by atoms with E-state index in [0.717, 1.165) is 17.7 Å². The van der Waals surface area contributed by atoms with Crippen LogP contribution < -0.4 is 0 Å². The van der Waals surface area contributed by atoms with E-state index in [0.29, 0.717) is 6.42 Å². The van der Waals surface area contributed by atoms with Crippen LogP contribution in [0.2, 0.25) is 0 Å². The van der Waals surface area contributed by atoms with Crippen molar-refractivity contribution in [3.05, 3.63) is 12.7 Å². The first-order chi connectivity index (χ1) is 9.46. The molecule has 0 unspecified atom stereocenters. The number of nitrogens with zero attached hydrogens (tertiary/aromatic N) is 1. The molecule has 0 aliphatic rings. The zero-order valence-corrected chi connectivity index (χ0v) is 14.2. The van der Waals surface area contributed by atoms with Crippen LogP contribution in [0.1, 0.15) is 60.8 Å². The minimum Gasteiger partial charge on any atom is -0.443 e. The molecular formula is C16H29NO4. The predicted octanol–water partition coefficient (Wildman–Crippen LogP) is 4.51. The van der Waals surface area contributed by atoms with Gasteiger partial charge in [0.05, 0.1) is 0 Å². The Balaban J connectivity index is 4.78. The molecule has 0 aliphatic heterocycles. The van der Waals surface area contributed by atoms with E-state index in [9.17, 15) is 9.59 Å². The maximum absolute atomic E-state index is 12.1. The molecule has 0 heterocycles. The molecule has 0 rings (SSSR count). The molecule has 0 aliphatic carbocycles. The molecule has 0 N–H and O–H groups in total. The van der Waals surface area contributed by atoms with E-state index in [2.05, 4.69) is 6.58 Å². The number of carbonyl (C=O) groups excluding carboxylic acids is 2. The van der Waals surface area contributed by atoms with Crippen LogP contribution >= 0.6 is 0 Å². The van der Waals surface area contributed by atoms with E-state index in [1.54, 1.807) is 41.5 Å². The van der Waals surface area contributed by atoms with Crippen LogP contribution in [0.15, 0.2) is 12.7 Å². The minimum atomic E-state index is -0.671. The number of carbonyl (C=O) groups is 2. The Morgan fingerprint density at radius 3 is 1.71 bits per heavy atom. The highest BCUT2D eigenvalue weighted by Crippen LogP contribution is 2.15. The van der Waals surface area contributed by atoms with Gasteiger partial charge in [0.25, 0.3) is 0 Å². The lowest BCUT2D eigenvalue weighted by Crippen LogP contribution is -2.44. The summed E-state index contributed by atoms with van der Waals surface area (Å²) in [5.74, 6) is 0. The van der Waals surface area contributed by atoms with Gasteiger partial charge in [-0.15, -0.1) is 6.58 Å². The molecule has 0 aromatic heterocycles.